The van der Waals surface area contributed by atoms with Crippen molar-refractivity contribution in [3.8, 4) is 0 Å². The maximum Gasteiger partial charge on any atom is 0.225 e. The van der Waals surface area contributed by atoms with E-state index in [2.05, 4.69) is 0 Å². The number of amides is 1. The van der Waals surface area contributed by atoms with Crippen molar-refractivity contribution in [2.24, 2.45) is 17.6 Å². The van der Waals surface area contributed by atoms with Crippen molar-refractivity contribution < 1.29 is 9.90 Å². The number of aliphatic hydroxyl groups excluding tert-OH is 1. The van der Waals surface area contributed by atoms with Crippen molar-refractivity contribution in [2.75, 3.05) is 19.7 Å². The molecule has 2 aliphatic rings. The predicted molar refractivity (Wildman–Crippen MR) is 61.7 cm³/mol. The number of hydrogen-bond acceptors (Lipinski definition) is 3. The molecule has 0 aromatic heterocycles. The lowest BCUT2D eigenvalue weighted by atomic mass is 9.85. The summed E-state index contributed by atoms with van der Waals surface area (Å²) in [7, 11) is 0. The lowest BCUT2D eigenvalue weighted by Crippen LogP contribution is -2.39. The van der Waals surface area contributed by atoms with Crippen molar-refractivity contribution in [3.63, 3.8) is 0 Å². The molecule has 0 aromatic carbocycles. The van der Waals surface area contributed by atoms with Gasteiger partial charge in [0.25, 0.3) is 0 Å². The fourth-order valence-corrected chi connectivity index (χ4v) is 2.89. The Bertz CT molecular complexity index is 257. The number of nitrogens with zero attached hydrogens (tertiary/aromatic N) is 1. The van der Waals surface area contributed by atoms with E-state index in [-0.39, 0.29) is 24.5 Å². The Balaban J connectivity index is 1.87. The Labute approximate surface area is 96.8 Å². The third-order valence-corrected chi connectivity index (χ3v) is 3.92. The molecule has 0 aromatic rings. The van der Waals surface area contributed by atoms with Crippen LogP contribution in [0.2, 0.25) is 0 Å². The normalized spacial score (nSPS) is 35.4. The van der Waals surface area contributed by atoms with Crippen LogP contribution in [0.15, 0.2) is 0 Å². The smallest absolute Gasteiger partial charge is 0.225 e. The van der Waals surface area contributed by atoms with E-state index in [9.17, 15) is 4.79 Å². The highest BCUT2D eigenvalue weighted by atomic mass is 16.3. The molecule has 3 N–H and O–H groups in total. The van der Waals surface area contributed by atoms with Crippen LogP contribution in [0.3, 0.4) is 0 Å². The molecule has 3 unspecified atom stereocenters. The summed E-state index contributed by atoms with van der Waals surface area (Å²) in [5.74, 6) is 0.702. The lowest BCUT2D eigenvalue weighted by Gasteiger charge is -2.29. The first-order valence-corrected chi connectivity index (χ1v) is 6.36. The second kappa shape index (κ2) is 5.15. The number of likely N-dealkylation sites (tertiary alicyclic amines) is 1. The fraction of sp³-hybridized carbons (Fsp3) is 0.917. The first kappa shape index (κ1) is 11.9. The van der Waals surface area contributed by atoms with Crippen LogP contribution < -0.4 is 5.73 Å². The molecule has 1 aliphatic heterocycles. The molecule has 0 spiro atoms. The molecule has 4 heteroatoms. The largest absolute Gasteiger partial charge is 0.396 e. The minimum atomic E-state index is 0.140. The molecule has 1 amide bonds. The summed E-state index contributed by atoms with van der Waals surface area (Å²) in [6.45, 7) is 1.75. The topological polar surface area (TPSA) is 66.6 Å². The molecule has 3 atom stereocenters. The zero-order valence-corrected chi connectivity index (χ0v) is 9.77. The Morgan fingerprint density at radius 3 is 2.81 bits per heavy atom. The lowest BCUT2D eigenvalue weighted by molar-refractivity contribution is -0.135. The van der Waals surface area contributed by atoms with Crippen molar-refractivity contribution in [2.45, 2.75) is 38.1 Å². The first-order chi connectivity index (χ1) is 7.70. The molecular formula is C12H22N2O2. The minimum absolute atomic E-state index is 0.140. The number of aliphatic hydroxyl groups is 1. The minimum Gasteiger partial charge on any atom is -0.396 e. The third kappa shape index (κ3) is 2.55. The molecule has 1 saturated carbocycles. The highest BCUT2D eigenvalue weighted by Crippen LogP contribution is 2.27. The summed E-state index contributed by atoms with van der Waals surface area (Å²) in [4.78, 5) is 14.1. The molecule has 0 radical (unpaired) electrons. The van der Waals surface area contributed by atoms with Crippen LogP contribution >= 0.6 is 0 Å². The van der Waals surface area contributed by atoms with Gasteiger partial charge in [0.15, 0.2) is 0 Å². The Morgan fingerprint density at radius 1 is 1.38 bits per heavy atom. The van der Waals surface area contributed by atoms with Gasteiger partial charge < -0.3 is 15.7 Å². The number of carbonyl (C=O) groups excluding carboxylic acids is 1. The van der Waals surface area contributed by atoms with Crippen LogP contribution in [-0.4, -0.2) is 41.7 Å². The van der Waals surface area contributed by atoms with Gasteiger partial charge in [-0.2, -0.15) is 0 Å². The Kier molecular flexibility index (Phi) is 3.82. The SMILES string of the molecule is NC1CCCC(C(=O)N2CCC(CO)C2)C1. The van der Waals surface area contributed by atoms with Crippen LogP contribution in [0.25, 0.3) is 0 Å². The van der Waals surface area contributed by atoms with Gasteiger partial charge in [-0.25, -0.2) is 0 Å². The second-order valence-corrected chi connectivity index (χ2v) is 5.25. The van der Waals surface area contributed by atoms with E-state index >= 15 is 0 Å². The summed E-state index contributed by atoms with van der Waals surface area (Å²) >= 11 is 0. The Morgan fingerprint density at radius 2 is 2.19 bits per heavy atom. The molecule has 16 heavy (non-hydrogen) atoms. The molecule has 4 nitrogen and oxygen atoms in total. The number of hydrogen-bond donors (Lipinski definition) is 2. The average molecular weight is 226 g/mol. The van der Waals surface area contributed by atoms with Crippen LogP contribution in [-0.2, 0) is 4.79 Å². The van der Waals surface area contributed by atoms with Crippen LogP contribution in [0.4, 0.5) is 0 Å². The summed E-state index contributed by atoms with van der Waals surface area (Å²) in [5.41, 5.74) is 5.90. The standard InChI is InChI=1S/C12H22N2O2/c13-11-3-1-2-10(6-11)12(16)14-5-4-9(7-14)8-15/h9-11,15H,1-8,13H2. The number of nitrogens with two attached hydrogens (primary N) is 1. The van der Waals surface area contributed by atoms with E-state index in [1.165, 1.54) is 0 Å². The summed E-state index contributed by atoms with van der Waals surface area (Å²) in [6.07, 6.45) is 4.92. The quantitative estimate of drug-likeness (QED) is 0.714. The van der Waals surface area contributed by atoms with Crippen LogP contribution in [0.1, 0.15) is 32.1 Å². The molecule has 1 aliphatic carbocycles. The maximum absolute atomic E-state index is 12.2. The van der Waals surface area contributed by atoms with E-state index in [0.29, 0.717) is 5.92 Å². The molecule has 0 bridgehead atoms. The van der Waals surface area contributed by atoms with E-state index < -0.39 is 0 Å². The molecule has 1 heterocycles. The first-order valence-electron chi connectivity index (χ1n) is 6.36. The van der Waals surface area contributed by atoms with Gasteiger partial charge in [-0.1, -0.05) is 6.42 Å². The van der Waals surface area contributed by atoms with Gasteiger partial charge in [0.05, 0.1) is 0 Å². The van der Waals surface area contributed by atoms with Gasteiger partial charge in [0.2, 0.25) is 5.91 Å². The van der Waals surface area contributed by atoms with Gasteiger partial charge >= 0.3 is 0 Å². The average Bonchev–Trinajstić information content (AvgIpc) is 2.76. The summed E-state index contributed by atoms with van der Waals surface area (Å²) < 4.78 is 0. The van der Waals surface area contributed by atoms with Crippen molar-refractivity contribution >= 4 is 5.91 Å². The van der Waals surface area contributed by atoms with E-state index in [1.54, 1.807) is 0 Å². The maximum atomic E-state index is 12.2. The van der Waals surface area contributed by atoms with Gasteiger partial charge in [0, 0.05) is 37.6 Å². The highest BCUT2D eigenvalue weighted by Gasteiger charge is 2.32. The monoisotopic (exact) mass is 226 g/mol. The summed E-state index contributed by atoms with van der Waals surface area (Å²) in [6, 6.07) is 0.207. The molecule has 2 fully saturated rings. The summed E-state index contributed by atoms with van der Waals surface area (Å²) in [5, 5.41) is 9.06. The van der Waals surface area contributed by atoms with Gasteiger partial charge in [-0.3, -0.25) is 4.79 Å². The molecule has 92 valence electrons. The predicted octanol–water partition coefficient (Wildman–Crippen LogP) is 0.345. The molecule has 2 rings (SSSR count). The van der Waals surface area contributed by atoms with Crippen LogP contribution in [0, 0.1) is 11.8 Å². The zero-order valence-electron chi connectivity index (χ0n) is 9.77. The fourth-order valence-electron chi connectivity index (χ4n) is 2.89. The van der Waals surface area contributed by atoms with Crippen LogP contribution in [0.5, 0.6) is 0 Å². The van der Waals surface area contributed by atoms with Crippen molar-refractivity contribution in [1.82, 2.24) is 4.90 Å². The van der Waals surface area contributed by atoms with Gasteiger partial charge in [-0.15, -0.1) is 0 Å². The van der Waals surface area contributed by atoms with E-state index in [0.717, 1.165) is 45.2 Å². The van der Waals surface area contributed by atoms with Crippen molar-refractivity contribution in [3.05, 3.63) is 0 Å². The number of rotatable bonds is 2. The molecular weight excluding hydrogens is 204 g/mol. The van der Waals surface area contributed by atoms with Gasteiger partial charge in [-0.05, 0) is 25.7 Å². The van der Waals surface area contributed by atoms with E-state index in [1.807, 2.05) is 4.90 Å². The van der Waals surface area contributed by atoms with Crippen molar-refractivity contribution in [1.29, 1.82) is 0 Å². The van der Waals surface area contributed by atoms with Gasteiger partial charge in [0.1, 0.15) is 0 Å². The molecule has 1 saturated heterocycles. The zero-order chi connectivity index (χ0) is 11.5. The van der Waals surface area contributed by atoms with E-state index in [4.69, 9.17) is 10.8 Å². The third-order valence-electron chi connectivity index (χ3n) is 3.92. The second-order valence-electron chi connectivity index (χ2n) is 5.25. The number of carbonyl (C=O) groups is 1. The Hall–Kier alpha value is -0.610. The highest BCUT2D eigenvalue weighted by molar-refractivity contribution is 5.79.